The number of amides is 2. The van der Waals surface area contributed by atoms with Crippen LogP contribution in [0.2, 0.25) is 0 Å². The molecule has 1 saturated heterocycles. The van der Waals surface area contributed by atoms with Gasteiger partial charge in [-0.1, -0.05) is 35.5 Å². The molecule has 0 bridgehead atoms. The Labute approximate surface area is 163 Å². The minimum atomic E-state index is -4.50. The summed E-state index contributed by atoms with van der Waals surface area (Å²) < 4.78 is 38.2. The Morgan fingerprint density at radius 1 is 1.21 bits per heavy atom. The number of hydrogen-bond acceptors (Lipinski definition) is 4. The van der Waals surface area contributed by atoms with Gasteiger partial charge in [0.25, 0.3) is 0 Å². The van der Waals surface area contributed by atoms with Crippen LogP contribution in [-0.4, -0.2) is 22.2 Å². The maximum atomic E-state index is 12.7. The van der Waals surface area contributed by atoms with Crippen molar-refractivity contribution >= 4 is 40.1 Å². The molecule has 5 nitrogen and oxygen atoms in total. The fraction of sp³-hybridized carbons (Fsp3) is 0.211. The Hall–Kier alpha value is -2.81. The Balaban J connectivity index is 1.61. The van der Waals surface area contributed by atoms with Gasteiger partial charge in [-0.15, -0.1) is 0 Å². The van der Waals surface area contributed by atoms with Crippen molar-refractivity contribution in [3.8, 4) is 0 Å². The summed E-state index contributed by atoms with van der Waals surface area (Å²) in [4.78, 5) is 28.5. The lowest BCUT2D eigenvalue weighted by Gasteiger charge is -2.10. The molecule has 1 atom stereocenters. The quantitative estimate of drug-likeness (QED) is 0.796. The third-order valence-electron chi connectivity index (χ3n) is 3.89. The smallest absolute Gasteiger partial charge is 0.326 e. The number of anilines is 1. The molecule has 146 valence electrons. The van der Waals surface area contributed by atoms with Crippen LogP contribution in [0.1, 0.15) is 17.5 Å². The second-order valence-corrected chi connectivity index (χ2v) is 7.37. The van der Waals surface area contributed by atoms with Crippen molar-refractivity contribution in [2.24, 2.45) is 4.99 Å². The van der Waals surface area contributed by atoms with Crippen LogP contribution in [0.15, 0.2) is 53.5 Å². The number of rotatable bonds is 4. The van der Waals surface area contributed by atoms with Gasteiger partial charge in [0.1, 0.15) is 5.25 Å². The molecule has 2 aromatic rings. The van der Waals surface area contributed by atoms with Gasteiger partial charge in [-0.05, 0) is 37.3 Å². The van der Waals surface area contributed by atoms with Crippen LogP contribution in [0.25, 0.3) is 0 Å². The summed E-state index contributed by atoms with van der Waals surface area (Å²) in [5.41, 5.74) is 0.918. The van der Waals surface area contributed by atoms with Crippen LogP contribution in [0, 0.1) is 6.92 Å². The molecule has 1 aliphatic rings. The number of aryl methyl sites for hydroxylation is 1. The number of aliphatic imine (C=N–C) groups is 1. The third-order valence-corrected chi connectivity index (χ3v) is 4.97. The van der Waals surface area contributed by atoms with Gasteiger partial charge in [-0.25, -0.2) is 4.99 Å². The van der Waals surface area contributed by atoms with Crippen LogP contribution in [0.3, 0.4) is 0 Å². The molecule has 0 aromatic heterocycles. The average molecular weight is 407 g/mol. The van der Waals surface area contributed by atoms with Crippen LogP contribution in [-0.2, 0) is 15.8 Å². The maximum absolute atomic E-state index is 12.7. The van der Waals surface area contributed by atoms with Gasteiger partial charge in [0.05, 0.1) is 11.3 Å². The van der Waals surface area contributed by atoms with Gasteiger partial charge in [0.15, 0.2) is 5.17 Å². The van der Waals surface area contributed by atoms with Crippen molar-refractivity contribution < 1.29 is 22.8 Å². The average Bonchev–Trinajstić information content (AvgIpc) is 2.95. The molecule has 28 heavy (non-hydrogen) atoms. The van der Waals surface area contributed by atoms with Crippen LogP contribution < -0.4 is 10.6 Å². The number of hydrogen-bond donors (Lipinski definition) is 2. The fourth-order valence-corrected chi connectivity index (χ4v) is 3.47. The highest BCUT2D eigenvalue weighted by atomic mass is 32.2. The van der Waals surface area contributed by atoms with E-state index in [0.717, 1.165) is 29.5 Å². The fourth-order valence-electron chi connectivity index (χ4n) is 2.48. The predicted octanol–water partition coefficient (Wildman–Crippen LogP) is 4.26. The van der Waals surface area contributed by atoms with E-state index in [4.69, 9.17) is 0 Å². The minimum Gasteiger partial charge on any atom is -0.326 e. The number of carbonyl (C=O) groups excluding carboxylic acids is 2. The first-order valence-electron chi connectivity index (χ1n) is 8.31. The number of carbonyl (C=O) groups is 2. The Bertz CT molecular complexity index is 927. The van der Waals surface area contributed by atoms with Crippen LogP contribution in [0.5, 0.6) is 0 Å². The predicted molar refractivity (Wildman–Crippen MR) is 102 cm³/mol. The SMILES string of the molecule is Cc1ccc(N=C2NC(=O)[C@@H](CC(=O)Nc3cccc(C(F)(F)F)c3)S2)cc1. The summed E-state index contributed by atoms with van der Waals surface area (Å²) >= 11 is 1.11. The van der Waals surface area contributed by atoms with Crippen LogP contribution in [0.4, 0.5) is 24.5 Å². The van der Waals surface area contributed by atoms with E-state index in [9.17, 15) is 22.8 Å². The first-order valence-corrected chi connectivity index (χ1v) is 9.19. The molecular weight excluding hydrogens is 391 g/mol. The second-order valence-electron chi connectivity index (χ2n) is 6.18. The summed E-state index contributed by atoms with van der Waals surface area (Å²) in [6, 6.07) is 11.7. The van der Waals surface area contributed by atoms with E-state index in [-0.39, 0.29) is 18.0 Å². The molecule has 0 radical (unpaired) electrons. The summed E-state index contributed by atoms with van der Waals surface area (Å²) in [6.07, 6.45) is -4.68. The van der Waals surface area contributed by atoms with Crippen LogP contribution >= 0.6 is 11.8 Å². The van der Waals surface area contributed by atoms with Crippen molar-refractivity contribution in [1.82, 2.24) is 5.32 Å². The highest BCUT2D eigenvalue weighted by Crippen LogP contribution is 2.31. The van der Waals surface area contributed by atoms with E-state index in [2.05, 4.69) is 15.6 Å². The van der Waals surface area contributed by atoms with Crippen molar-refractivity contribution in [3.05, 3.63) is 59.7 Å². The standard InChI is InChI=1S/C19H16F3N3O2S/c1-11-5-7-13(8-6-11)24-18-25-17(27)15(28-18)10-16(26)23-14-4-2-3-12(9-14)19(20,21)22/h2-9,15H,10H2,1H3,(H,23,26)(H,24,25,27)/t15-/m1/s1. The molecule has 1 fully saturated rings. The normalized spacial score (nSPS) is 18.2. The molecule has 2 N–H and O–H groups in total. The molecule has 0 saturated carbocycles. The summed E-state index contributed by atoms with van der Waals surface area (Å²) in [5.74, 6) is -0.918. The number of alkyl halides is 3. The first-order chi connectivity index (χ1) is 13.2. The Kier molecular flexibility index (Phi) is 5.73. The molecule has 9 heteroatoms. The second kappa shape index (κ2) is 8.05. The Morgan fingerprint density at radius 2 is 1.93 bits per heavy atom. The minimum absolute atomic E-state index is 0.0248. The number of nitrogens with zero attached hydrogens (tertiary/aromatic N) is 1. The number of amidine groups is 1. The summed E-state index contributed by atoms with van der Waals surface area (Å²) in [6.45, 7) is 1.95. The van der Waals surface area contributed by atoms with E-state index >= 15 is 0 Å². The number of thioether (sulfide) groups is 1. The van der Waals surface area contributed by atoms with E-state index in [1.807, 2.05) is 31.2 Å². The number of nitrogens with one attached hydrogen (secondary N) is 2. The number of benzene rings is 2. The van der Waals surface area contributed by atoms with Gasteiger partial charge >= 0.3 is 6.18 Å². The van der Waals surface area contributed by atoms with Gasteiger partial charge in [-0.2, -0.15) is 13.2 Å². The van der Waals surface area contributed by atoms with Crippen molar-refractivity contribution in [3.63, 3.8) is 0 Å². The lowest BCUT2D eigenvalue weighted by molar-refractivity contribution is -0.137. The maximum Gasteiger partial charge on any atom is 0.416 e. The largest absolute Gasteiger partial charge is 0.416 e. The van der Waals surface area contributed by atoms with E-state index in [1.165, 1.54) is 12.1 Å². The van der Waals surface area contributed by atoms with E-state index in [0.29, 0.717) is 10.9 Å². The van der Waals surface area contributed by atoms with Gasteiger partial charge < -0.3 is 10.6 Å². The van der Waals surface area contributed by atoms with E-state index < -0.39 is 22.9 Å². The monoisotopic (exact) mass is 407 g/mol. The van der Waals surface area contributed by atoms with Gasteiger partial charge in [0.2, 0.25) is 11.8 Å². The molecular formula is C19H16F3N3O2S. The topological polar surface area (TPSA) is 70.6 Å². The zero-order valence-electron chi connectivity index (χ0n) is 14.7. The van der Waals surface area contributed by atoms with E-state index in [1.54, 1.807) is 0 Å². The van der Waals surface area contributed by atoms with Crippen molar-refractivity contribution in [1.29, 1.82) is 0 Å². The molecule has 0 aliphatic carbocycles. The molecule has 1 heterocycles. The lowest BCUT2D eigenvalue weighted by Crippen LogP contribution is -2.28. The zero-order chi connectivity index (χ0) is 20.3. The molecule has 0 spiro atoms. The highest BCUT2D eigenvalue weighted by Gasteiger charge is 2.33. The van der Waals surface area contributed by atoms with Gasteiger partial charge in [0, 0.05) is 12.1 Å². The molecule has 2 amide bonds. The molecule has 3 rings (SSSR count). The molecule has 1 aliphatic heterocycles. The first kappa shape index (κ1) is 19.9. The molecule has 2 aromatic carbocycles. The highest BCUT2D eigenvalue weighted by molar-refractivity contribution is 8.15. The van der Waals surface area contributed by atoms with Crippen molar-refractivity contribution in [2.45, 2.75) is 24.8 Å². The Morgan fingerprint density at radius 3 is 2.61 bits per heavy atom. The zero-order valence-corrected chi connectivity index (χ0v) is 15.5. The summed E-state index contributed by atoms with van der Waals surface area (Å²) in [7, 11) is 0. The summed E-state index contributed by atoms with van der Waals surface area (Å²) in [5, 5.41) is 4.69. The third kappa shape index (κ3) is 5.13. The number of halogens is 3. The lowest BCUT2D eigenvalue weighted by atomic mass is 10.2. The van der Waals surface area contributed by atoms with Gasteiger partial charge in [-0.3, -0.25) is 9.59 Å². The molecule has 0 unspecified atom stereocenters. The van der Waals surface area contributed by atoms with Crippen molar-refractivity contribution in [2.75, 3.05) is 5.32 Å².